The Balaban J connectivity index is 1.87. The second-order valence-electron chi connectivity index (χ2n) is 5.16. The van der Waals surface area contributed by atoms with Gasteiger partial charge in [0.1, 0.15) is 5.60 Å². The summed E-state index contributed by atoms with van der Waals surface area (Å²) in [5.41, 5.74) is -0.383. The van der Waals surface area contributed by atoms with Gasteiger partial charge in [0.15, 0.2) is 0 Å². The first-order valence-corrected chi connectivity index (χ1v) is 5.17. The molecule has 1 amide bonds. The number of ether oxygens (including phenoxy) is 1. The molecule has 2 aliphatic rings. The number of carbonyl (C=O) groups excluding carboxylic acids is 1. The highest BCUT2D eigenvalue weighted by Gasteiger charge is 2.41. The third-order valence-electron chi connectivity index (χ3n) is 2.73. The van der Waals surface area contributed by atoms with Crippen LogP contribution in [0.25, 0.3) is 0 Å². The topological polar surface area (TPSA) is 41.6 Å². The minimum atomic E-state index is -0.383. The lowest BCUT2D eigenvalue weighted by Gasteiger charge is -2.29. The smallest absolute Gasteiger partial charge is 0.410 e. The molecular weight excluding hydrogens is 180 g/mol. The summed E-state index contributed by atoms with van der Waals surface area (Å²) in [7, 11) is 0. The van der Waals surface area contributed by atoms with Crippen LogP contribution in [-0.2, 0) is 4.74 Å². The SMILES string of the molecule is CC(C)(C)OC(=O)N1C[C@@H]2CN[C@@H]2C1. The molecule has 14 heavy (non-hydrogen) atoms. The van der Waals surface area contributed by atoms with Crippen molar-refractivity contribution in [1.82, 2.24) is 10.2 Å². The lowest BCUT2D eigenvalue weighted by molar-refractivity contribution is 0.0290. The Bertz CT molecular complexity index is 235. The maximum Gasteiger partial charge on any atom is 0.410 e. The number of nitrogens with zero attached hydrogens (tertiary/aromatic N) is 1. The fourth-order valence-corrected chi connectivity index (χ4v) is 1.93. The predicted molar refractivity (Wildman–Crippen MR) is 53.1 cm³/mol. The zero-order valence-corrected chi connectivity index (χ0v) is 9.04. The Kier molecular flexibility index (Phi) is 2.18. The summed E-state index contributed by atoms with van der Waals surface area (Å²) >= 11 is 0. The zero-order chi connectivity index (χ0) is 10.3. The molecule has 0 unspecified atom stereocenters. The first kappa shape index (κ1) is 9.77. The second-order valence-corrected chi connectivity index (χ2v) is 5.16. The molecule has 0 aromatic carbocycles. The number of likely N-dealkylation sites (tertiary alicyclic amines) is 1. The normalized spacial score (nSPS) is 30.9. The molecule has 0 aromatic heterocycles. The van der Waals surface area contributed by atoms with Gasteiger partial charge in [-0.05, 0) is 20.8 Å². The van der Waals surface area contributed by atoms with E-state index in [1.165, 1.54) is 0 Å². The quantitative estimate of drug-likeness (QED) is 0.626. The van der Waals surface area contributed by atoms with Gasteiger partial charge < -0.3 is 15.0 Å². The van der Waals surface area contributed by atoms with E-state index in [1.54, 1.807) is 4.90 Å². The van der Waals surface area contributed by atoms with E-state index in [4.69, 9.17) is 4.74 Å². The van der Waals surface area contributed by atoms with Crippen molar-refractivity contribution in [2.24, 2.45) is 5.92 Å². The van der Waals surface area contributed by atoms with Crippen molar-refractivity contribution in [3.8, 4) is 0 Å². The van der Waals surface area contributed by atoms with E-state index in [2.05, 4.69) is 5.32 Å². The molecule has 2 heterocycles. The van der Waals surface area contributed by atoms with Crippen LogP contribution in [0, 0.1) is 5.92 Å². The van der Waals surface area contributed by atoms with Crippen LogP contribution in [0.1, 0.15) is 20.8 Å². The molecule has 0 aliphatic carbocycles. The average molecular weight is 198 g/mol. The van der Waals surface area contributed by atoms with E-state index in [9.17, 15) is 4.79 Å². The van der Waals surface area contributed by atoms with E-state index < -0.39 is 0 Å². The molecule has 0 saturated carbocycles. The van der Waals surface area contributed by atoms with E-state index in [1.807, 2.05) is 20.8 Å². The predicted octanol–water partition coefficient (Wildman–Crippen LogP) is 0.825. The van der Waals surface area contributed by atoms with Gasteiger partial charge in [0.25, 0.3) is 0 Å². The Labute approximate surface area is 84.6 Å². The van der Waals surface area contributed by atoms with E-state index in [0.717, 1.165) is 19.6 Å². The fourth-order valence-electron chi connectivity index (χ4n) is 1.93. The molecule has 2 atom stereocenters. The first-order valence-electron chi connectivity index (χ1n) is 5.17. The van der Waals surface area contributed by atoms with Crippen molar-refractivity contribution in [2.75, 3.05) is 19.6 Å². The fraction of sp³-hybridized carbons (Fsp3) is 0.900. The van der Waals surface area contributed by atoms with Gasteiger partial charge in [-0.3, -0.25) is 0 Å². The van der Waals surface area contributed by atoms with Crippen LogP contribution < -0.4 is 5.32 Å². The van der Waals surface area contributed by atoms with Crippen LogP contribution in [0.15, 0.2) is 0 Å². The number of fused-ring (bicyclic) bond motifs is 1. The van der Waals surface area contributed by atoms with E-state index in [-0.39, 0.29) is 11.7 Å². The third-order valence-corrected chi connectivity index (χ3v) is 2.73. The molecule has 80 valence electrons. The monoisotopic (exact) mass is 198 g/mol. The largest absolute Gasteiger partial charge is 0.444 e. The molecule has 4 heteroatoms. The van der Waals surface area contributed by atoms with E-state index in [0.29, 0.717) is 12.0 Å². The lowest BCUT2D eigenvalue weighted by atomic mass is 9.96. The van der Waals surface area contributed by atoms with Gasteiger partial charge in [-0.2, -0.15) is 0 Å². The summed E-state index contributed by atoms with van der Waals surface area (Å²) in [5.74, 6) is 0.655. The van der Waals surface area contributed by atoms with Crippen LogP contribution in [0.5, 0.6) is 0 Å². The summed E-state index contributed by atoms with van der Waals surface area (Å²) in [5, 5.41) is 3.31. The van der Waals surface area contributed by atoms with Crippen molar-refractivity contribution >= 4 is 6.09 Å². The van der Waals surface area contributed by atoms with Crippen LogP contribution in [0.4, 0.5) is 4.79 Å². The van der Waals surface area contributed by atoms with Crippen molar-refractivity contribution in [2.45, 2.75) is 32.4 Å². The molecule has 2 aliphatic heterocycles. The highest BCUT2D eigenvalue weighted by atomic mass is 16.6. The molecule has 0 bridgehead atoms. The number of amides is 1. The molecule has 2 fully saturated rings. The van der Waals surface area contributed by atoms with Gasteiger partial charge in [-0.25, -0.2) is 4.79 Å². The van der Waals surface area contributed by atoms with Gasteiger partial charge in [-0.1, -0.05) is 0 Å². The summed E-state index contributed by atoms with van der Waals surface area (Å²) in [4.78, 5) is 13.5. The van der Waals surface area contributed by atoms with Gasteiger partial charge in [0, 0.05) is 31.6 Å². The van der Waals surface area contributed by atoms with Crippen LogP contribution in [0.3, 0.4) is 0 Å². The van der Waals surface area contributed by atoms with E-state index >= 15 is 0 Å². The minimum Gasteiger partial charge on any atom is -0.444 e. The highest BCUT2D eigenvalue weighted by Crippen LogP contribution is 2.24. The lowest BCUT2D eigenvalue weighted by Crippen LogP contribution is -2.51. The zero-order valence-electron chi connectivity index (χ0n) is 9.04. The molecular formula is C10H18N2O2. The maximum atomic E-state index is 11.7. The van der Waals surface area contributed by atoms with Crippen LogP contribution in [0.2, 0.25) is 0 Å². The second kappa shape index (κ2) is 3.12. The molecule has 2 rings (SSSR count). The molecule has 2 saturated heterocycles. The summed E-state index contributed by atoms with van der Waals surface area (Å²) < 4.78 is 5.31. The summed E-state index contributed by atoms with van der Waals surface area (Å²) in [6.45, 7) is 8.39. The molecule has 0 spiro atoms. The maximum absolute atomic E-state index is 11.7. The van der Waals surface area contributed by atoms with Crippen molar-refractivity contribution in [3.63, 3.8) is 0 Å². The number of nitrogens with one attached hydrogen (secondary N) is 1. The molecule has 0 radical (unpaired) electrons. The Morgan fingerprint density at radius 3 is 2.50 bits per heavy atom. The number of hydrogen-bond acceptors (Lipinski definition) is 3. The minimum absolute atomic E-state index is 0.172. The third kappa shape index (κ3) is 1.85. The summed E-state index contributed by atoms with van der Waals surface area (Å²) in [6.07, 6.45) is -0.172. The van der Waals surface area contributed by atoms with Crippen molar-refractivity contribution in [3.05, 3.63) is 0 Å². The highest BCUT2D eigenvalue weighted by molar-refractivity contribution is 5.68. The van der Waals surface area contributed by atoms with Gasteiger partial charge in [0.05, 0.1) is 0 Å². The van der Waals surface area contributed by atoms with Gasteiger partial charge >= 0.3 is 6.09 Å². The number of rotatable bonds is 0. The van der Waals surface area contributed by atoms with Crippen LogP contribution in [-0.4, -0.2) is 42.3 Å². The first-order chi connectivity index (χ1) is 6.46. The van der Waals surface area contributed by atoms with Gasteiger partial charge in [-0.15, -0.1) is 0 Å². The Hall–Kier alpha value is -0.770. The van der Waals surface area contributed by atoms with Crippen molar-refractivity contribution in [1.29, 1.82) is 0 Å². The van der Waals surface area contributed by atoms with Crippen molar-refractivity contribution < 1.29 is 9.53 Å². The average Bonchev–Trinajstić information content (AvgIpc) is 2.24. The molecule has 4 nitrogen and oxygen atoms in total. The standard InChI is InChI=1S/C10H18N2O2/c1-10(2,3)14-9(13)12-5-7-4-11-8(7)6-12/h7-8,11H,4-6H2,1-3H3/t7-,8+/m0/s1. The molecule has 1 N–H and O–H groups in total. The van der Waals surface area contributed by atoms with Crippen LogP contribution >= 0.6 is 0 Å². The summed E-state index contributed by atoms with van der Waals surface area (Å²) in [6, 6.07) is 0.516. The van der Waals surface area contributed by atoms with Gasteiger partial charge in [0.2, 0.25) is 0 Å². The number of carbonyl (C=O) groups is 1. The number of hydrogen-bond donors (Lipinski definition) is 1. The Morgan fingerprint density at radius 2 is 2.14 bits per heavy atom. The molecule has 0 aromatic rings. The Morgan fingerprint density at radius 1 is 1.43 bits per heavy atom.